The minimum absolute atomic E-state index is 0.224. The third-order valence-corrected chi connectivity index (χ3v) is 3.58. The average Bonchev–Trinajstić information content (AvgIpc) is 2.68. The molecule has 1 N–H and O–H groups in total. The smallest absolute Gasteiger partial charge is 0.253 e. The summed E-state index contributed by atoms with van der Waals surface area (Å²) in [6.45, 7) is 2.10. The maximum absolute atomic E-state index is 12.3. The van der Waals surface area contributed by atoms with E-state index in [2.05, 4.69) is 15.3 Å². The number of ether oxygens (including phenoxy) is 2. The molecule has 1 atom stereocenters. The van der Waals surface area contributed by atoms with Gasteiger partial charge in [0, 0.05) is 24.1 Å². The van der Waals surface area contributed by atoms with Crippen LogP contribution in [0.3, 0.4) is 0 Å². The first-order valence-electron chi connectivity index (χ1n) is 8.21. The number of nitrogens with zero attached hydrogens (tertiary/aromatic N) is 2. The fourth-order valence-corrected chi connectivity index (χ4v) is 2.21. The monoisotopic (exact) mass is 349 g/mol. The maximum atomic E-state index is 12.3. The van der Waals surface area contributed by atoms with Crippen LogP contribution in [0.1, 0.15) is 12.5 Å². The van der Waals surface area contributed by atoms with Crippen LogP contribution >= 0.6 is 0 Å². The van der Waals surface area contributed by atoms with Crippen LogP contribution in [0.25, 0.3) is 0 Å². The summed E-state index contributed by atoms with van der Waals surface area (Å²) in [6.07, 6.45) is 4.05. The predicted octanol–water partition coefficient (Wildman–Crippen LogP) is 3.81. The molecule has 6 heteroatoms. The molecular weight excluding hydrogens is 330 g/mol. The second-order valence-electron chi connectivity index (χ2n) is 5.60. The van der Waals surface area contributed by atoms with Crippen molar-refractivity contribution in [2.45, 2.75) is 19.6 Å². The minimum atomic E-state index is -0.584. The predicted molar refractivity (Wildman–Crippen MR) is 97.9 cm³/mol. The maximum Gasteiger partial charge on any atom is 0.253 e. The van der Waals surface area contributed by atoms with Crippen molar-refractivity contribution in [1.82, 2.24) is 9.97 Å². The lowest BCUT2D eigenvalue weighted by atomic mass is 10.2. The van der Waals surface area contributed by atoms with Gasteiger partial charge in [-0.2, -0.15) is 0 Å². The Morgan fingerprint density at radius 2 is 1.96 bits per heavy atom. The molecular formula is C20H19N3O3. The molecule has 6 nitrogen and oxygen atoms in total. The lowest BCUT2D eigenvalue weighted by Gasteiger charge is -2.14. The Morgan fingerprint density at radius 1 is 1.12 bits per heavy atom. The Morgan fingerprint density at radius 3 is 2.73 bits per heavy atom. The Hall–Kier alpha value is -3.25. The molecule has 1 aromatic heterocycles. The third kappa shape index (κ3) is 5.12. The molecule has 0 aliphatic rings. The van der Waals surface area contributed by atoms with Gasteiger partial charge >= 0.3 is 0 Å². The molecule has 3 rings (SSSR count). The Kier molecular flexibility index (Phi) is 5.90. The molecule has 0 spiro atoms. The van der Waals surface area contributed by atoms with E-state index >= 15 is 0 Å². The second-order valence-corrected chi connectivity index (χ2v) is 5.60. The van der Waals surface area contributed by atoms with Crippen LogP contribution in [0.2, 0.25) is 0 Å². The summed E-state index contributed by atoms with van der Waals surface area (Å²) >= 11 is 0. The highest BCUT2D eigenvalue weighted by molar-refractivity contribution is 5.94. The van der Waals surface area contributed by atoms with Crippen molar-refractivity contribution < 1.29 is 14.3 Å². The first-order chi connectivity index (χ1) is 12.7. The molecule has 3 aromatic rings. The molecule has 0 aliphatic carbocycles. The zero-order valence-electron chi connectivity index (χ0n) is 14.3. The molecule has 1 amide bonds. The average molecular weight is 349 g/mol. The van der Waals surface area contributed by atoms with Crippen molar-refractivity contribution in [1.29, 1.82) is 0 Å². The summed E-state index contributed by atoms with van der Waals surface area (Å²) in [5.74, 6) is 0.717. The van der Waals surface area contributed by atoms with E-state index in [1.54, 1.807) is 43.6 Å². The Bertz CT molecular complexity index is 841. The van der Waals surface area contributed by atoms with E-state index in [0.29, 0.717) is 23.9 Å². The van der Waals surface area contributed by atoms with Crippen molar-refractivity contribution in [3.63, 3.8) is 0 Å². The van der Waals surface area contributed by atoms with Crippen molar-refractivity contribution in [3.8, 4) is 11.6 Å². The van der Waals surface area contributed by atoms with Gasteiger partial charge in [-0.3, -0.25) is 9.78 Å². The standard InChI is InChI=1S/C20H19N3O3/c1-15(25-14-16-6-3-2-4-7-16)20(24)23-17-8-5-9-18(12-17)26-19-13-21-10-11-22-19/h2-13,15H,14H2,1H3,(H,23,24). The zero-order valence-corrected chi connectivity index (χ0v) is 14.3. The summed E-state index contributed by atoms with van der Waals surface area (Å²) in [4.78, 5) is 20.3. The van der Waals surface area contributed by atoms with Gasteiger partial charge in [0.25, 0.3) is 5.91 Å². The van der Waals surface area contributed by atoms with Gasteiger partial charge in [-0.25, -0.2) is 4.98 Å². The molecule has 0 bridgehead atoms. The summed E-state index contributed by atoms with van der Waals surface area (Å²) < 4.78 is 11.2. The number of hydrogen-bond acceptors (Lipinski definition) is 5. The highest BCUT2D eigenvalue weighted by Crippen LogP contribution is 2.22. The van der Waals surface area contributed by atoms with E-state index in [0.717, 1.165) is 5.56 Å². The highest BCUT2D eigenvalue weighted by atomic mass is 16.5. The molecule has 0 radical (unpaired) electrons. The van der Waals surface area contributed by atoms with Crippen molar-refractivity contribution in [2.75, 3.05) is 5.32 Å². The van der Waals surface area contributed by atoms with Crippen LogP contribution in [-0.2, 0) is 16.1 Å². The minimum Gasteiger partial charge on any atom is -0.437 e. The Balaban J connectivity index is 1.56. The van der Waals surface area contributed by atoms with E-state index in [9.17, 15) is 4.79 Å². The lowest BCUT2D eigenvalue weighted by Crippen LogP contribution is -2.27. The highest BCUT2D eigenvalue weighted by Gasteiger charge is 2.14. The molecule has 1 heterocycles. The van der Waals surface area contributed by atoms with Crippen molar-refractivity contribution in [3.05, 3.63) is 78.8 Å². The fourth-order valence-electron chi connectivity index (χ4n) is 2.21. The Labute approximate surface area is 151 Å². The van der Waals surface area contributed by atoms with Crippen molar-refractivity contribution >= 4 is 11.6 Å². The molecule has 26 heavy (non-hydrogen) atoms. The third-order valence-electron chi connectivity index (χ3n) is 3.58. The zero-order chi connectivity index (χ0) is 18.2. The topological polar surface area (TPSA) is 73.3 Å². The number of carbonyl (C=O) groups is 1. The van der Waals surface area contributed by atoms with Gasteiger partial charge in [0.1, 0.15) is 11.9 Å². The first kappa shape index (κ1) is 17.6. The molecule has 1 unspecified atom stereocenters. The van der Waals surface area contributed by atoms with Gasteiger partial charge in [-0.1, -0.05) is 36.4 Å². The summed E-state index contributed by atoms with van der Waals surface area (Å²) in [5, 5.41) is 2.82. The van der Waals surface area contributed by atoms with E-state index in [-0.39, 0.29) is 5.91 Å². The van der Waals surface area contributed by atoms with Gasteiger partial charge in [0.05, 0.1) is 12.8 Å². The molecule has 0 saturated heterocycles. The summed E-state index contributed by atoms with van der Waals surface area (Å²) in [5.41, 5.74) is 1.64. The number of nitrogens with one attached hydrogen (secondary N) is 1. The molecule has 2 aromatic carbocycles. The van der Waals surface area contributed by atoms with Crippen LogP contribution in [0.4, 0.5) is 5.69 Å². The normalized spacial score (nSPS) is 11.6. The fraction of sp³-hybridized carbons (Fsp3) is 0.150. The van der Waals surface area contributed by atoms with Gasteiger partial charge in [-0.15, -0.1) is 0 Å². The molecule has 0 aliphatic heterocycles. The van der Waals surface area contributed by atoms with Crippen LogP contribution in [-0.4, -0.2) is 22.0 Å². The number of rotatable bonds is 7. The van der Waals surface area contributed by atoms with Gasteiger partial charge in [-0.05, 0) is 24.6 Å². The first-order valence-corrected chi connectivity index (χ1v) is 8.21. The molecule has 132 valence electrons. The SMILES string of the molecule is CC(OCc1ccccc1)C(=O)Nc1cccc(Oc2cnccn2)c1. The van der Waals surface area contributed by atoms with Crippen LogP contribution in [0.5, 0.6) is 11.6 Å². The number of hydrogen-bond donors (Lipinski definition) is 1. The molecule has 0 saturated carbocycles. The van der Waals surface area contributed by atoms with Gasteiger partial charge in [0.15, 0.2) is 0 Å². The van der Waals surface area contributed by atoms with E-state index in [1.807, 2.05) is 30.3 Å². The van der Waals surface area contributed by atoms with E-state index < -0.39 is 6.10 Å². The molecule has 0 fully saturated rings. The lowest BCUT2D eigenvalue weighted by molar-refractivity contribution is -0.127. The largest absolute Gasteiger partial charge is 0.437 e. The summed E-state index contributed by atoms with van der Waals surface area (Å²) in [6, 6.07) is 16.8. The van der Waals surface area contributed by atoms with Crippen LogP contribution < -0.4 is 10.1 Å². The van der Waals surface area contributed by atoms with Crippen LogP contribution in [0, 0.1) is 0 Å². The number of benzene rings is 2. The van der Waals surface area contributed by atoms with Crippen molar-refractivity contribution in [2.24, 2.45) is 0 Å². The second kappa shape index (κ2) is 8.73. The number of amides is 1. The van der Waals surface area contributed by atoms with E-state index in [1.165, 1.54) is 6.20 Å². The van der Waals surface area contributed by atoms with Crippen LogP contribution in [0.15, 0.2) is 73.2 Å². The quantitative estimate of drug-likeness (QED) is 0.702. The number of anilines is 1. The summed E-state index contributed by atoms with van der Waals surface area (Å²) in [7, 11) is 0. The van der Waals surface area contributed by atoms with Gasteiger partial charge in [0.2, 0.25) is 5.88 Å². The van der Waals surface area contributed by atoms with Gasteiger partial charge < -0.3 is 14.8 Å². The number of carbonyl (C=O) groups excluding carboxylic acids is 1. The number of aromatic nitrogens is 2. The van der Waals surface area contributed by atoms with E-state index in [4.69, 9.17) is 9.47 Å².